The van der Waals surface area contributed by atoms with Crippen LogP contribution in [0.2, 0.25) is 0 Å². The Hall–Kier alpha value is -1.47. The van der Waals surface area contributed by atoms with Crippen LogP contribution >= 0.6 is 0 Å². The number of hydrogen-bond donors (Lipinski definition) is 5. The number of hydrogen-bond acceptors (Lipinski definition) is 5. The number of aliphatic hydroxyl groups excluding tert-OH is 3. The zero-order chi connectivity index (χ0) is 20.8. The third-order valence-electron chi connectivity index (χ3n) is 4.83. The quantitative estimate of drug-likeness (QED) is 0.396. The van der Waals surface area contributed by atoms with Crippen LogP contribution in [0.1, 0.15) is 48.5 Å². The van der Waals surface area contributed by atoms with E-state index in [1.165, 1.54) is 6.92 Å². The van der Waals surface area contributed by atoms with E-state index in [-0.39, 0.29) is 11.5 Å². The normalized spacial score (nSPS) is 22.2. The summed E-state index contributed by atoms with van der Waals surface area (Å²) >= 11 is 0. The fourth-order valence-corrected chi connectivity index (χ4v) is 2.76. The van der Waals surface area contributed by atoms with Crippen molar-refractivity contribution >= 4 is 5.97 Å². The third kappa shape index (κ3) is 6.36. The van der Waals surface area contributed by atoms with Crippen LogP contribution < -0.4 is 0 Å². The molecule has 150 valence electrons. The third-order valence-corrected chi connectivity index (χ3v) is 4.83. The second-order valence-corrected chi connectivity index (χ2v) is 7.32. The summed E-state index contributed by atoms with van der Waals surface area (Å²) in [5.41, 5.74) is -0.538. The first-order valence-electron chi connectivity index (χ1n) is 8.76. The van der Waals surface area contributed by atoms with E-state index in [4.69, 9.17) is 5.11 Å². The van der Waals surface area contributed by atoms with Crippen LogP contribution in [0.25, 0.3) is 0 Å². The van der Waals surface area contributed by atoms with Gasteiger partial charge in [0.2, 0.25) is 0 Å². The van der Waals surface area contributed by atoms with E-state index in [9.17, 15) is 25.2 Å². The van der Waals surface area contributed by atoms with Gasteiger partial charge in [-0.15, -0.1) is 0 Å². The monoisotopic (exact) mass is 370 g/mol. The van der Waals surface area contributed by atoms with Crippen molar-refractivity contribution in [1.82, 2.24) is 0 Å². The van der Waals surface area contributed by atoms with Crippen molar-refractivity contribution < 1.29 is 30.3 Å². The predicted octanol–water partition coefficient (Wildman–Crippen LogP) is 2.04. The molecule has 0 saturated heterocycles. The van der Waals surface area contributed by atoms with Crippen molar-refractivity contribution in [1.29, 1.82) is 0 Å². The number of allylic oxidation sites excluding steroid dienone is 1. The fourth-order valence-electron chi connectivity index (χ4n) is 2.76. The van der Waals surface area contributed by atoms with Gasteiger partial charge in [-0.05, 0) is 51.3 Å². The van der Waals surface area contributed by atoms with Crippen LogP contribution in [-0.4, -0.2) is 55.4 Å². The van der Waals surface area contributed by atoms with E-state index in [2.05, 4.69) is 0 Å². The van der Waals surface area contributed by atoms with Gasteiger partial charge in [0.1, 0.15) is 6.10 Å². The lowest BCUT2D eigenvalue weighted by Crippen LogP contribution is -2.47. The molecule has 0 amide bonds. The minimum atomic E-state index is -2.31. The lowest BCUT2D eigenvalue weighted by Gasteiger charge is -2.27. The zero-order valence-corrected chi connectivity index (χ0v) is 16.8. The van der Waals surface area contributed by atoms with Crippen LogP contribution in [0, 0.1) is 11.8 Å². The average Bonchev–Trinajstić information content (AvgIpc) is 2.57. The van der Waals surface area contributed by atoms with Gasteiger partial charge >= 0.3 is 5.97 Å². The number of rotatable bonds is 9. The van der Waals surface area contributed by atoms with E-state index in [1.807, 2.05) is 26.8 Å². The Morgan fingerprint density at radius 1 is 0.885 bits per heavy atom. The Labute approximate surface area is 156 Å². The molecule has 26 heavy (non-hydrogen) atoms. The summed E-state index contributed by atoms with van der Waals surface area (Å²) in [6.07, 6.45) is 2.09. The van der Waals surface area contributed by atoms with Gasteiger partial charge in [-0.1, -0.05) is 32.1 Å². The molecule has 0 aliphatic heterocycles. The molecule has 0 heterocycles. The van der Waals surface area contributed by atoms with Gasteiger partial charge in [-0.3, -0.25) is 0 Å². The Balaban J connectivity index is 5.28. The summed E-state index contributed by atoms with van der Waals surface area (Å²) < 4.78 is 0. The maximum Gasteiger partial charge on any atom is 0.338 e. The molecule has 0 bridgehead atoms. The molecule has 6 nitrogen and oxygen atoms in total. The second kappa shape index (κ2) is 10.0. The summed E-state index contributed by atoms with van der Waals surface area (Å²) in [7, 11) is 0. The first-order chi connectivity index (χ1) is 11.8. The molecule has 0 radical (unpaired) electrons. The number of carbonyl (C=O) groups is 1. The topological polar surface area (TPSA) is 118 Å². The first kappa shape index (κ1) is 24.5. The van der Waals surface area contributed by atoms with Crippen LogP contribution in [0.4, 0.5) is 0 Å². The summed E-state index contributed by atoms with van der Waals surface area (Å²) in [6.45, 7) is 11.6. The maximum atomic E-state index is 11.0. The largest absolute Gasteiger partial charge is 0.479 e. The van der Waals surface area contributed by atoms with Crippen LogP contribution in [0.3, 0.4) is 0 Å². The molecule has 6 heteroatoms. The molecule has 0 spiro atoms. The molecule has 0 fully saturated rings. The zero-order valence-electron chi connectivity index (χ0n) is 16.8. The Morgan fingerprint density at radius 3 is 1.65 bits per heavy atom. The molecule has 0 aliphatic carbocycles. The number of aliphatic hydroxyl groups is 4. The second-order valence-electron chi connectivity index (χ2n) is 7.32. The van der Waals surface area contributed by atoms with Crippen molar-refractivity contribution in [2.45, 2.75) is 72.4 Å². The van der Waals surface area contributed by atoms with Crippen LogP contribution in [-0.2, 0) is 4.79 Å². The van der Waals surface area contributed by atoms with E-state index < -0.39 is 35.8 Å². The molecule has 0 aromatic heterocycles. The molecule has 0 aromatic rings. The van der Waals surface area contributed by atoms with E-state index in [1.54, 1.807) is 26.0 Å². The van der Waals surface area contributed by atoms with Crippen molar-refractivity contribution in [2.24, 2.45) is 11.8 Å². The van der Waals surface area contributed by atoms with E-state index in [0.717, 1.165) is 12.5 Å². The van der Waals surface area contributed by atoms with Gasteiger partial charge < -0.3 is 25.5 Å². The van der Waals surface area contributed by atoms with E-state index in [0.29, 0.717) is 5.57 Å². The molecule has 0 unspecified atom stereocenters. The predicted molar refractivity (Wildman–Crippen MR) is 102 cm³/mol. The van der Waals surface area contributed by atoms with Gasteiger partial charge in [0.05, 0.1) is 12.2 Å². The molecule has 0 rings (SSSR count). The number of carboxylic acids is 1. The molecular weight excluding hydrogens is 336 g/mol. The molecule has 6 atom stereocenters. The van der Waals surface area contributed by atoms with Crippen molar-refractivity contribution in [3.8, 4) is 0 Å². The molecule has 0 aliphatic rings. The number of aliphatic carboxylic acids is 1. The molecule has 0 saturated carbocycles. The van der Waals surface area contributed by atoms with Crippen molar-refractivity contribution in [3.05, 3.63) is 34.9 Å². The minimum Gasteiger partial charge on any atom is -0.479 e. The number of carboxylic acid groups (broad SMARTS) is 1. The van der Waals surface area contributed by atoms with E-state index >= 15 is 0 Å². The smallest absolute Gasteiger partial charge is 0.338 e. The minimum absolute atomic E-state index is 0.184. The highest BCUT2D eigenvalue weighted by molar-refractivity contribution is 5.78. The summed E-state index contributed by atoms with van der Waals surface area (Å²) in [4.78, 5) is 11.0. The molecular formula is C20H34O6. The standard InChI is InChI=1S/C20H34O6/c1-8-11(2)16(21)12(3)9-13(4)17(22)14(5)10-15(6)18(23)20(7,26)19(24)25/h8-10,12,14,16-18,21-23,26H,1-7H3,(H,24,25)/b11-8+,13-9+,15-10+/t12-,14+,16+,17+,18+,20+/m1/s1. The fraction of sp³-hybridized carbons (Fsp3) is 0.650. The highest BCUT2D eigenvalue weighted by Crippen LogP contribution is 2.23. The highest BCUT2D eigenvalue weighted by Gasteiger charge is 2.39. The maximum absolute atomic E-state index is 11.0. The summed E-state index contributed by atoms with van der Waals surface area (Å²) in [5, 5.41) is 49.6. The Kier molecular flexibility index (Phi) is 9.45. The highest BCUT2D eigenvalue weighted by atomic mass is 16.4. The van der Waals surface area contributed by atoms with Crippen molar-refractivity contribution in [2.75, 3.05) is 0 Å². The lowest BCUT2D eigenvalue weighted by atomic mass is 9.88. The van der Waals surface area contributed by atoms with Crippen LogP contribution in [0.15, 0.2) is 34.9 Å². The average molecular weight is 370 g/mol. The molecule has 5 N–H and O–H groups in total. The van der Waals surface area contributed by atoms with Gasteiger partial charge in [0.25, 0.3) is 0 Å². The molecule has 0 aromatic carbocycles. The van der Waals surface area contributed by atoms with Gasteiger partial charge in [0, 0.05) is 11.8 Å². The Bertz CT molecular complexity index is 573. The Morgan fingerprint density at radius 2 is 1.27 bits per heavy atom. The van der Waals surface area contributed by atoms with Crippen LogP contribution in [0.5, 0.6) is 0 Å². The SMILES string of the molecule is C/C=C(\C)[C@H](O)[C@H](C)/C=C(\C)[C@H](O)[C@@H](C)/C=C(\C)[C@H](O)[C@](C)(O)C(=O)O. The first-order valence-corrected chi connectivity index (χ1v) is 8.76. The van der Waals surface area contributed by atoms with Crippen molar-refractivity contribution in [3.63, 3.8) is 0 Å². The van der Waals surface area contributed by atoms with Gasteiger partial charge in [-0.25, -0.2) is 4.79 Å². The lowest BCUT2D eigenvalue weighted by molar-refractivity contribution is -0.165. The summed E-state index contributed by atoms with van der Waals surface area (Å²) in [6, 6.07) is 0. The summed E-state index contributed by atoms with van der Waals surface area (Å²) in [5.74, 6) is -2.13. The van der Waals surface area contributed by atoms with Gasteiger partial charge in [0.15, 0.2) is 5.60 Å². The van der Waals surface area contributed by atoms with Gasteiger partial charge in [-0.2, -0.15) is 0 Å².